The smallest absolute Gasteiger partial charge is 0.237 e. The number of carbonyl (C=O) groups is 1. The first-order valence-electron chi connectivity index (χ1n) is 7.88. The van der Waals surface area contributed by atoms with Crippen LogP contribution in [-0.4, -0.2) is 67.9 Å². The van der Waals surface area contributed by atoms with Crippen molar-refractivity contribution in [2.24, 2.45) is 0 Å². The molecule has 6 nitrogen and oxygen atoms in total. The molecule has 1 heterocycles. The fraction of sp³-hybridized carbons (Fsp3) is 0.867. The molecule has 0 spiro atoms. The van der Waals surface area contributed by atoms with Crippen LogP contribution in [0.4, 0.5) is 0 Å². The zero-order valence-electron chi connectivity index (χ0n) is 13.4. The Kier molecular flexibility index (Phi) is 5.13. The van der Waals surface area contributed by atoms with Gasteiger partial charge in [0.25, 0.3) is 0 Å². The second-order valence-electron chi connectivity index (χ2n) is 6.63. The van der Waals surface area contributed by atoms with E-state index >= 15 is 0 Å². The molecule has 1 saturated heterocycles. The van der Waals surface area contributed by atoms with Crippen molar-refractivity contribution >= 4 is 15.7 Å². The Morgan fingerprint density at radius 1 is 1.27 bits per heavy atom. The summed E-state index contributed by atoms with van der Waals surface area (Å²) in [5, 5.41) is 9.54. The summed E-state index contributed by atoms with van der Waals surface area (Å²) in [6.45, 7) is 0.167. The van der Waals surface area contributed by atoms with Gasteiger partial charge in [0.2, 0.25) is 5.91 Å². The molecular weight excluding hydrogens is 302 g/mol. The fourth-order valence-corrected chi connectivity index (χ4v) is 5.27. The van der Waals surface area contributed by atoms with Gasteiger partial charge >= 0.3 is 0 Å². The van der Waals surface area contributed by atoms with Gasteiger partial charge in [0.15, 0.2) is 9.84 Å². The van der Waals surface area contributed by atoms with Crippen molar-refractivity contribution in [1.82, 2.24) is 9.80 Å². The molecule has 22 heavy (non-hydrogen) atoms. The van der Waals surface area contributed by atoms with Crippen LogP contribution in [0.25, 0.3) is 0 Å². The molecule has 2 fully saturated rings. The lowest BCUT2D eigenvalue weighted by molar-refractivity contribution is -0.136. The molecule has 1 aliphatic heterocycles. The van der Waals surface area contributed by atoms with E-state index in [-0.39, 0.29) is 30.0 Å². The predicted octanol–water partition coefficient (Wildman–Crippen LogP) is 0.790. The van der Waals surface area contributed by atoms with Crippen molar-refractivity contribution in [1.29, 1.82) is 5.26 Å². The molecule has 1 unspecified atom stereocenters. The lowest BCUT2D eigenvalue weighted by Gasteiger charge is -2.40. The molecule has 0 aromatic carbocycles. The summed E-state index contributed by atoms with van der Waals surface area (Å²) in [7, 11) is 0.541. The Bertz CT molecular complexity index is 561. The Morgan fingerprint density at radius 2 is 1.91 bits per heavy atom. The van der Waals surface area contributed by atoms with E-state index in [0.29, 0.717) is 6.42 Å². The molecule has 0 radical (unpaired) electrons. The van der Waals surface area contributed by atoms with Crippen molar-refractivity contribution in [3.63, 3.8) is 0 Å². The van der Waals surface area contributed by atoms with Crippen LogP contribution in [0, 0.1) is 11.3 Å². The molecule has 7 heteroatoms. The molecule has 0 bridgehead atoms. The van der Waals surface area contributed by atoms with Gasteiger partial charge in [-0.2, -0.15) is 5.26 Å². The van der Waals surface area contributed by atoms with Gasteiger partial charge in [-0.3, -0.25) is 9.69 Å². The summed E-state index contributed by atoms with van der Waals surface area (Å²) < 4.78 is 23.1. The molecule has 0 N–H and O–H groups in total. The third kappa shape index (κ3) is 3.61. The average molecular weight is 327 g/mol. The number of rotatable bonds is 4. The monoisotopic (exact) mass is 327 g/mol. The number of hydrogen-bond acceptors (Lipinski definition) is 5. The standard InChI is InChI=1S/C15H25N3O3S/c1-17(13-6-9-22(20,21)11-13)10-14(19)18(2)15(12-16)7-4-3-5-8-15/h13H,3-11H2,1-2H3. The van der Waals surface area contributed by atoms with E-state index < -0.39 is 15.4 Å². The molecule has 2 rings (SSSR count). The summed E-state index contributed by atoms with van der Waals surface area (Å²) in [6, 6.07) is 2.25. The van der Waals surface area contributed by atoms with Gasteiger partial charge in [-0.25, -0.2) is 8.42 Å². The van der Waals surface area contributed by atoms with E-state index in [0.717, 1.165) is 32.1 Å². The number of nitriles is 1. The number of hydrogen-bond donors (Lipinski definition) is 0. The molecule has 0 aromatic heterocycles. The minimum absolute atomic E-state index is 0.0910. The molecule has 2 aliphatic rings. The molecule has 1 aliphatic carbocycles. The van der Waals surface area contributed by atoms with Crippen molar-refractivity contribution in [2.75, 3.05) is 32.1 Å². The molecule has 124 valence electrons. The third-order valence-electron chi connectivity index (χ3n) is 5.12. The van der Waals surface area contributed by atoms with Crippen LogP contribution in [-0.2, 0) is 14.6 Å². The maximum atomic E-state index is 12.5. The number of sulfone groups is 1. The Hall–Kier alpha value is -1.13. The summed E-state index contributed by atoms with van der Waals surface area (Å²) in [5.41, 5.74) is -0.683. The minimum atomic E-state index is -2.95. The normalized spacial score (nSPS) is 26.5. The van der Waals surface area contributed by atoms with E-state index in [2.05, 4.69) is 6.07 Å². The topological polar surface area (TPSA) is 81.5 Å². The first-order chi connectivity index (χ1) is 10.3. The molecule has 1 amide bonds. The van der Waals surface area contributed by atoms with Gasteiger partial charge in [-0.05, 0) is 26.3 Å². The highest BCUT2D eigenvalue weighted by atomic mass is 32.2. The van der Waals surface area contributed by atoms with E-state index in [1.165, 1.54) is 0 Å². The van der Waals surface area contributed by atoms with Gasteiger partial charge in [-0.15, -0.1) is 0 Å². The summed E-state index contributed by atoms with van der Waals surface area (Å²) in [6.07, 6.45) is 5.11. The molecular formula is C15H25N3O3S. The van der Waals surface area contributed by atoms with Crippen molar-refractivity contribution in [3.8, 4) is 6.07 Å². The van der Waals surface area contributed by atoms with Crippen LogP contribution in [0.2, 0.25) is 0 Å². The fourth-order valence-electron chi connectivity index (χ4n) is 3.47. The second kappa shape index (κ2) is 6.55. The number of likely N-dealkylation sites (N-methyl/N-ethyl adjacent to an activating group) is 2. The van der Waals surface area contributed by atoms with Crippen molar-refractivity contribution < 1.29 is 13.2 Å². The highest BCUT2D eigenvalue weighted by molar-refractivity contribution is 7.91. The van der Waals surface area contributed by atoms with Gasteiger partial charge < -0.3 is 4.90 Å². The Balaban J connectivity index is 1.98. The van der Waals surface area contributed by atoms with Crippen LogP contribution in [0.3, 0.4) is 0 Å². The van der Waals surface area contributed by atoms with Crippen LogP contribution in [0.5, 0.6) is 0 Å². The van der Waals surface area contributed by atoms with Crippen LogP contribution in [0.15, 0.2) is 0 Å². The van der Waals surface area contributed by atoms with Gasteiger partial charge in [0, 0.05) is 13.1 Å². The van der Waals surface area contributed by atoms with Crippen molar-refractivity contribution in [2.45, 2.75) is 50.1 Å². The van der Waals surface area contributed by atoms with Gasteiger partial charge in [0.1, 0.15) is 5.54 Å². The summed E-state index contributed by atoms with van der Waals surface area (Å²) in [4.78, 5) is 15.9. The lowest BCUT2D eigenvalue weighted by Crippen LogP contribution is -2.53. The van der Waals surface area contributed by atoms with Crippen molar-refractivity contribution in [3.05, 3.63) is 0 Å². The number of carbonyl (C=O) groups excluding carboxylic acids is 1. The van der Waals surface area contributed by atoms with E-state index in [1.807, 2.05) is 4.90 Å². The molecule has 1 saturated carbocycles. The van der Waals surface area contributed by atoms with Crippen LogP contribution in [0.1, 0.15) is 38.5 Å². The quantitative estimate of drug-likeness (QED) is 0.762. The zero-order valence-corrected chi connectivity index (χ0v) is 14.2. The zero-order chi connectivity index (χ0) is 16.4. The largest absolute Gasteiger partial charge is 0.326 e. The number of amides is 1. The lowest BCUT2D eigenvalue weighted by atomic mass is 9.81. The van der Waals surface area contributed by atoms with E-state index in [1.54, 1.807) is 19.0 Å². The molecule has 1 atom stereocenters. The maximum Gasteiger partial charge on any atom is 0.237 e. The SMILES string of the molecule is CN(CC(=O)N(C)C1(C#N)CCCCC1)C1CCS(=O)(=O)C1. The summed E-state index contributed by atoms with van der Waals surface area (Å²) >= 11 is 0. The van der Waals surface area contributed by atoms with Crippen LogP contribution >= 0.6 is 0 Å². The Morgan fingerprint density at radius 3 is 2.41 bits per heavy atom. The minimum Gasteiger partial charge on any atom is -0.326 e. The highest BCUT2D eigenvalue weighted by Crippen LogP contribution is 2.32. The molecule has 0 aromatic rings. The first-order valence-corrected chi connectivity index (χ1v) is 9.70. The van der Waals surface area contributed by atoms with Gasteiger partial charge in [0.05, 0.1) is 24.1 Å². The summed E-state index contributed by atoms with van der Waals surface area (Å²) in [5.74, 6) is 0.230. The predicted molar refractivity (Wildman–Crippen MR) is 83.9 cm³/mol. The van der Waals surface area contributed by atoms with E-state index in [4.69, 9.17) is 0 Å². The van der Waals surface area contributed by atoms with Gasteiger partial charge in [-0.1, -0.05) is 19.3 Å². The number of nitrogens with zero attached hydrogens (tertiary/aromatic N) is 3. The van der Waals surface area contributed by atoms with E-state index in [9.17, 15) is 18.5 Å². The highest BCUT2D eigenvalue weighted by Gasteiger charge is 2.39. The average Bonchev–Trinajstić information content (AvgIpc) is 2.87. The first kappa shape index (κ1) is 17.2. The Labute approximate surface area is 133 Å². The maximum absolute atomic E-state index is 12.5. The second-order valence-corrected chi connectivity index (χ2v) is 8.86. The third-order valence-corrected chi connectivity index (χ3v) is 6.87. The van der Waals surface area contributed by atoms with Crippen LogP contribution < -0.4 is 0 Å².